The van der Waals surface area contributed by atoms with Crippen LogP contribution in [0.1, 0.15) is 80.9 Å². The number of hydrogen-bond acceptors (Lipinski definition) is 0. The van der Waals surface area contributed by atoms with E-state index in [4.69, 9.17) is 0 Å². The first-order valence-corrected chi connectivity index (χ1v) is 8.75. The van der Waals surface area contributed by atoms with E-state index in [1.807, 2.05) is 0 Å². The van der Waals surface area contributed by atoms with E-state index < -0.39 is 0 Å². The average molecular weight is 268 g/mol. The molecule has 0 heteroatoms. The normalized spacial score (nSPS) is 23.5. The van der Waals surface area contributed by atoms with Crippen LogP contribution in [0.5, 0.6) is 0 Å². The predicted octanol–water partition coefficient (Wildman–Crippen LogP) is 6.08. The molecule has 0 N–H and O–H groups in total. The largest absolute Gasteiger partial charge is 0.0807 e. The fourth-order valence-electron chi connectivity index (χ4n) is 3.69. The Hall–Kier alpha value is -1.04. The minimum Gasteiger partial charge on any atom is -0.0807 e. The third-order valence-electron chi connectivity index (χ3n) is 5.05. The molecule has 0 amide bonds. The summed E-state index contributed by atoms with van der Waals surface area (Å²) in [6.07, 6.45) is 19.2. The van der Waals surface area contributed by atoms with Gasteiger partial charge < -0.3 is 0 Å². The number of hydrogen-bond donors (Lipinski definition) is 0. The molecule has 2 aliphatic carbocycles. The van der Waals surface area contributed by atoms with Gasteiger partial charge in [-0.05, 0) is 60.8 Å². The zero-order valence-electron chi connectivity index (χ0n) is 12.8. The molecule has 1 aromatic rings. The third kappa shape index (κ3) is 3.34. The first-order valence-electron chi connectivity index (χ1n) is 8.75. The minimum absolute atomic E-state index is 1.29. The Morgan fingerprint density at radius 1 is 0.650 bits per heavy atom. The van der Waals surface area contributed by atoms with Gasteiger partial charge in [-0.25, -0.2) is 0 Å². The summed E-state index contributed by atoms with van der Waals surface area (Å²) in [5.74, 6) is 0. The van der Waals surface area contributed by atoms with E-state index in [0.29, 0.717) is 0 Å². The lowest BCUT2D eigenvalue weighted by molar-refractivity contribution is 0.568. The molecule has 108 valence electrons. The molecule has 0 saturated carbocycles. The standard InChI is InChI=1S/C20H28/c1-2-4-6-8-11-17(12-9-7-5-3-1)19-14-10-13-18-15-16-20(18)19/h10-11,13-14H,1-9,12,15-16H2/b17-11+. The summed E-state index contributed by atoms with van der Waals surface area (Å²) in [4.78, 5) is 0. The van der Waals surface area contributed by atoms with E-state index in [-0.39, 0.29) is 0 Å². The second kappa shape index (κ2) is 7.11. The lowest BCUT2D eigenvalue weighted by atomic mass is 9.81. The number of allylic oxidation sites excluding steroid dienone is 2. The first kappa shape index (κ1) is 13.9. The summed E-state index contributed by atoms with van der Waals surface area (Å²) in [5, 5.41) is 0. The summed E-state index contributed by atoms with van der Waals surface area (Å²) < 4.78 is 0. The van der Waals surface area contributed by atoms with Crippen molar-refractivity contribution in [1.82, 2.24) is 0 Å². The van der Waals surface area contributed by atoms with Crippen molar-refractivity contribution < 1.29 is 0 Å². The van der Waals surface area contributed by atoms with Crippen molar-refractivity contribution in [1.29, 1.82) is 0 Å². The molecular formula is C20H28. The zero-order valence-corrected chi connectivity index (χ0v) is 12.8. The molecule has 1 aromatic carbocycles. The van der Waals surface area contributed by atoms with Gasteiger partial charge >= 0.3 is 0 Å². The van der Waals surface area contributed by atoms with Gasteiger partial charge in [0.25, 0.3) is 0 Å². The highest BCUT2D eigenvalue weighted by Gasteiger charge is 2.18. The Morgan fingerprint density at radius 2 is 1.40 bits per heavy atom. The van der Waals surface area contributed by atoms with Crippen LogP contribution in [-0.2, 0) is 12.8 Å². The van der Waals surface area contributed by atoms with Crippen LogP contribution in [0.4, 0.5) is 0 Å². The smallest absolute Gasteiger partial charge is 0.0193 e. The van der Waals surface area contributed by atoms with Gasteiger partial charge in [0.05, 0.1) is 0 Å². The molecule has 0 aromatic heterocycles. The molecule has 0 aliphatic heterocycles. The number of aryl methyl sites for hydroxylation is 1. The Balaban J connectivity index is 1.74. The van der Waals surface area contributed by atoms with Crippen LogP contribution in [0.15, 0.2) is 24.3 Å². The van der Waals surface area contributed by atoms with Crippen molar-refractivity contribution in [2.24, 2.45) is 0 Å². The van der Waals surface area contributed by atoms with Crippen LogP contribution in [0.2, 0.25) is 0 Å². The molecule has 2 aliphatic rings. The molecule has 0 nitrogen and oxygen atoms in total. The molecule has 0 heterocycles. The van der Waals surface area contributed by atoms with Crippen molar-refractivity contribution >= 4 is 5.57 Å². The van der Waals surface area contributed by atoms with Gasteiger partial charge in [0.15, 0.2) is 0 Å². The summed E-state index contributed by atoms with van der Waals surface area (Å²) >= 11 is 0. The van der Waals surface area contributed by atoms with E-state index in [0.717, 1.165) is 0 Å². The summed E-state index contributed by atoms with van der Waals surface area (Å²) in [6.45, 7) is 0. The first-order chi connectivity index (χ1) is 9.95. The van der Waals surface area contributed by atoms with Crippen molar-refractivity contribution in [3.63, 3.8) is 0 Å². The van der Waals surface area contributed by atoms with Gasteiger partial charge in [-0.2, -0.15) is 0 Å². The fourth-order valence-corrected chi connectivity index (χ4v) is 3.69. The molecule has 0 unspecified atom stereocenters. The quantitative estimate of drug-likeness (QED) is 0.578. The van der Waals surface area contributed by atoms with Crippen molar-refractivity contribution in [3.05, 3.63) is 41.0 Å². The zero-order chi connectivity index (χ0) is 13.6. The number of fused-ring (bicyclic) bond motifs is 1. The van der Waals surface area contributed by atoms with Gasteiger partial charge in [-0.3, -0.25) is 0 Å². The van der Waals surface area contributed by atoms with Crippen LogP contribution in [0.3, 0.4) is 0 Å². The summed E-state index contributed by atoms with van der Waals surface area (Å²) in [6, 6.07) is 6.96. The lowest BCUT2D eigenvalue weighted by Crippen LogP contribution is -2.11. The highest BCUT2D eigenvalue weighted by molar-refractivity contribution is 5.70. The van der Waals surface area contributed by atoms with Gasteiger partial charge in [-0.1, -0.05) is 62.8 Å². The highest BCUT2D eigenvalue weighted by Crippen LogP contribution is 2.33. The van der Waals surface area contributed by atoms with E-state index in [1.165, 1.54) is 77.0 Å². The third-order valence-corrected chi connectivity index (χ3v) is 5.05. The minimum atomic E-state index is 1.29. The van der Waals surface area contributed by atoms with Crippen molar-refractivity contribution in [2.45, 2.75) is 77.0 Å². The Kier molecular flexibility index (Phi) is 4.95. The molecular weight excluding hydrogens is 240 g/mol. The molecule has 0 fully saturated rings. The van der Waals surface area contributed by atoms with Gasteiger partial charge in [-0.15, -0.1) is 0 Å². The maximum absolute atomic E-state index is 2.57. The number of rotatable bonds is 1. The van der Waals surface area contributed by atoms with Crippen molar-refractivity contribution in [2.75, 3.05) is 0 Å². The van der Waals surface area contributed by atoms with Crippen LogP contribution in [0, 0.1) is 0 Å². The van der Waals surface area contributed by atoms with Gasteiger partial charge in [0.1, 0.15) is 0 Å². The molecule has 0 radical (unpaired) electrons. The van der Waals surface area contributed by atoms with Gasteiger partial charge in [0.2, 0.25) is 0 Å². The maximum atomic E-state index is 2.57. The Bertz CT molecular complexity index is 467. The van der Waals surface area contributed by atoms with E-state index in [9.17, 15) is 0 Å². The lowest BCUT2D eigenvalue weighted by Gasteiger charge is -2.24. The van der Waals surface area contributed by atoms with E-state index in [1.54, 1.807) is 22.3 Å². The fraction of sp³-hybridized carbons (Fsp3) is 0.600. The van der Waals surface area contributed by atoms with E-state index >= 15 is 0 Å². The molecule has 20 heavy (non-hydrogen) atoms. The van der Waals surface area contributed by atoms with E-state index in [2.05, 4.69) is 24.3 Å². The summed E-state index contributed by atoms with van der Waals surface area (Å²) in [5.41, 5.74) is 6.51. The second-order valence-corrected chi connectivity index (χ2v) is 6.54. The SMILES string of the molecule is C1=C(/c2cccc3c2CC3)CCCCCCCCCC/1. The summed E-state index contributed by atoms with van der Waals surface area (Å²) in [7, 11) is 0. The topological polar surface area (TPSA) is 0 Å². The molecule has 0 bridgehead atoms. The monoisotopic (exact) mass is 268 g/mol. The van der Waals surface area contributed by atoms with Crippen LogP contribution in [-0.4, -0.2) is 0 Å². The molecule has 0 saturated heterocycles. The highest BCUT2D eigenvalue weighted by atomic mass is 14.2. The van der Waals surface area contributed by atoms with Crippen molar-refractivity contribution in [3.8, 4) is 0 Å². The molecule has 0 spiro atoms. The second-order valence-electron chi connectivity index (χ2n) is 6.54. The maximum Gasteiger partial charge on any atom is -0.0193 e. The predicted molar refractivity (Wildman–Crippen MR) is 88.0 cm³/mol. The average Bonchev–Trinajstić information content (AvgIpc) is 2.41. The van der Waals surface area contributed by atoms with Gasteiger partial charge in [0, 0.05) is 0 Å². The van der Waals surface area contributed by atoms with Crippen LogP contribution < -0.4 is 0 Å². The number of benzene rings is 1. The molecule has 0 atom stereocenters. The van der Waals surface area contributed by atoms with Crippen LogP contribution in [0.25, 0.3) is 5.57 Å². The van der Waals surface area contributed by atoms with Crippen LogP contribution >= 0.6 is 0 Å². The Morgan fingerprint density at radius 3 is 2.15 bits per heavy atom. The molecule has 3 rings (SSSR count). The Labute approximate surface area is 124 Å².